The molecule has 0 unspecified atom stereocenters. The van der Waals surface area contributed by atoms with Crippen LogP contribution >= 0.6 is 0 Å². The van der Waals surface area contributed by atoms with Crippen molar-refractivity contribution in [2.24, 2.45) is 5.41 Å². The SMILES string of the molecule is CC(C)(CNC(=O)OCC1c2ccccc2-c2ccccc21)CC(=O)O. The zero-order valence-corrected chi connectivity index (χ0v) is 15.0. The van der Waals surface area contributed by atoms with Gasteiger partial charge in [0.05, 0.1) is 6.42 Å². The van der Waals surface area contributed by atoms with E-state index >= 15 is 0 Å². The molecule has 5 heteroatoms. The third kappa shape index (κ3) is 3.87. The molecule has 5 nitrogen and oxygen atoms in total. The van der Waals surface area contributed by atoms with E-state index in [1.54, 1.807) is 13.8 Å². The lowest BCUT2D eigenvalue weighted by molar-refractivity contribution is -0.139. The van der Waals surface area contributed by atoms with E-state index in [1.807, 2.05) is 24.3 Å². The zero-order valence-electron chi connectivity index (χ0n) is 15.0. The summed E-state index contributed by atoms with van der Waals surface area (Å²) in [6.07, 6.45) is -0.540. The highest BCUT2D eigenvalue weighted by Crippen LogP contribution is 2.44. The number of benzene rings is 2. The molecule has 1 aliphatic rings. The Bertz CT molecular complexity index is 783. The van der Waals surface area contributed by atoms with Crippen LogP contribution in [0.25, 0.3) is 11.1 Å². The summed E-state index contributed by atoms with van der Waals surface area (Å²) in [6, 6.07) is 16.3. The van der Waals surface area contributed by atoms with Crippen LogP contribution in [0.2, 0.25) is 0 Å². The highest BCUT2D eigenvalue weighted by Gasteiger charge is 2.29. The Hall–Kier alpha value is -2.82. The molecule has 2 aromatic carbocycles. The highest BCUT2D eigenvalue weighted by molar-refractivity contribution is 5.79. The second kappa shape index (κ2) is 7.20. The molecule has 1 aliphatic carbocycles. The van der Waals surface area contributed by atoms with Crippen molar-refractivity contribution in [2.45, 2.75) is 26.2 Å². The molecule has 2 aromatic rings. The van der Waals surface area contributed by atoms with Gasteiger partial charge in [-0.25, -0.2) is 4.79 Å². The monoisotopic (exact) mass is 353 g/mol. The highest BCUT2D eigenvalue weighted by atomic mass is 16.5. The molecule has 3 rings (SSSR count). The van der Waals surface area contributed by atoms with Crippen molar-refractivity contribution < 1.29 is 19.4 Å². The number of carbonyl (C=O) groups excluding carboxylic acids is 1. The topological polar surface area (TPSA) is 75.6 Å². The van der Waals surface area contributed by atoms with Crippen LogP contribution in [-0.2, 0) is 9.53 Å². The molecule has 0 fully saturated rings. The number of nitrogens with one attached hydrogen (secondary N) is 1. The minimum Gasteiger partial charge on any atom is -0.481 e. The number of carboxylic acids is 1. The van der Waals surface area contributed by atoms with Gasteiger partial charge < -0.3 is 15.2 Å². The molecule has 0 atom stereocenters. The third-order valence-corrected chi connectivity index (χ3v) is 4.68. The number of carbonyl (C=O) groups is 2. The van der Waals surface area contributed by atoms with E-state index in [9.17, 15) is 9.59 Å². The Morgan fingerprint density at radius 2 is 1.58 bits per heavy atom. The summed E-state index contributed by atoms with van der Waals surface area (Å²) in [4.78, 5) is 22.9. The summed E-state index contributed by atoms with van der Waals surface area (Å²) < 4.78 is 5.44. The average Bonchev–Trinajstić information content (AvgIpc) is 2.91. The van der Waals surface area contributed by atoms with Crippen LogP contribution in [0.3, 0.4) is 0 Å². The van der Waals surface area contributed by atoms with E-state index in [1.165, 1.54) is 11.1 Å². The van der Waals surface area contributed by atoms with E-state index in [-0.39, 0.29) is 25.5 Å². The van der Waals surface area contributed by atoms with Crippen molar-refractivity contribution in [3.05, 3.63) is 59.7 Å². The molecule has 1 amide bonds. The fourth-order valence-electron chi connectivity index (χ4n) is 3.43. The van der Waals surface area contributed by atoms with Crippen molar-refractivity contribution in [1.29, 1.82) is 0 Å². The van der Waals surface area contributed by atoms with Crippen LogP contribution in [0.4, 0.5) is 4.79 Å². The van der Waals surface area contributed by atoms with Crippen molar-refractivity contribution >= 4 is 12.1 Å². The maximum atomic E-state index is 12.1. The molecule has 0 radical (unpaired) electrons. The van der Waals surface area contributed by atoms with Crippen LogP contribution in [0.5, 0.6) is 0 Å². The Kier molecular flexibility index (Phi) is 4.98. The number of amides is 1. The molecule has 0 heterocycles. The lowest BCUT2D eigenvalue weighted by Gasteiger charge is -2.23. The lowest BCUT2D eigenvalue weighted by Crippen LogP contribution is -2.36. The van der Waals surface area contributed by atoms with Gasteiger partial charge in [0.2, 0.25) is 0 Å². The Balaban J connectivity index is 1.63. The maximum Gasteiger partial charge on any atom is 0.407 e. The quantitative estimate of drug-likeness (QED) is 0.822. The van der Waals surface area contributed by atoms with Gasteiger partial charge in [-0.3, -0.25) is 4.79 Å². The van der Waals surface area contributed by atoms with E-state index in [0.717, 1.165) is 11.1 Å². The van der Waals surface area contributed by atoms with Gasteiger partial charge in [0.15, 0.2) is 0 Å². The predicted octanol–water partition coefficient (Wildman–Crippen LogP) is 4.03. The first-order valence-corrected chi connectivity index (χ1v) is 8.68. The Morgan fingerprint density at radius 1 is 1.04 bits per heavy atom. The number of rotatable bonds is 6. The number of carboxylic acid groups (broad SMARTS) is 1. The number of hydrogen-bond acceptors (Lipinski definition) is 3. The van der Waals surface area contributed by atoms with Crippen LogP contribution in [0, 0.1) is 5.41 Å². The number of aliphatic carboxylic acids is 1. The van der Waals surface area contributed by atoms with E-state index in [0.29, 0.717) is 0 Å². The van der Waals surface area contributed by atoms with Gasteiger partial charge in [0.1, 0.15) is 6.61 Å². The van der Waals surface area contributed by atoms with Crippen LogP contribution in [-0.4, -0.2) is 30.3 Å². The summed E-state index contributed by atoms with van der Waals surface area (Å²) in [5.41, 5.74) is 4.15. The van der Waals surface area contributed by atoms with Crippen LogP contribution in [0.1, 0.15) is 37.3 Å². The molecule has 0 aliphatic heterocycles. The molecule has 0 saturated carbocycles. The van der Waals surface area contributed by atoms with Gasteiger partial charge in [-0.15, -0.1) is 0 Å². The van der Waals surface area contributed by atoms with E-state index < -0.39 is 17.5 Å². The van der Waals surface area contributed by atoms with Gasteiger partial charge in [-0.1, -0.05) is 62.4 Å². The lowest BCUT2D eigenvalue weighted by atomic mass is 9.89. The molecule has 2 N–H and O–H groups in total. The fraction of sp³-hybridized carbons (Fsp3) is 0.333. The van der Waals surface area contributed by atoms with Gasteiger partial charge in [0, 0.05) is 12.5 Å². The van der Waals surface area contributed by atoms with Crippen molar-refractivity contribution in [1.82, 2.24) is 5.32 Å². The largest absolute Gasteiger partial charge is 0.481 e. The first-order chi connectivity index (χ1) is 12.4. The molecular formula is C21H23NO4. The normalized spacial score (nSPS) is 13.0. The minimum absolute atomic E-state index is 0.0141. The third-order valence-electron chi connectivity index (χ3n) is 4.68. The molecule has 0 saturated heterocycles. The van der Waals surface area contributed by atoms with Crippen molar-refractivity contribution in [2.75, 3.05) is 13.2 Å². The zero-order chi connectivity index (χ0) is 18.7. The van der Waals surface area contributed by atoms with E-state index in [4.69, 9.17) is 9.84 Å². The fourth-order valence-corrected chi connectivity index (χ4v) is 3.43. The summed E-state index contributed by atoms with van der Waals surface area (Å²) >= 11 is 0. The number of hydrogen-bond donors (Lipinski definition) is 2. The average molecular weight is 353 g/mol. The van der Waals surface area contributed by atoms with Gasteiger partial charge in [-0.05, 0) is 27.7 Å². The molecule has 0 aromatic heterocycles. The van der Waals surface area contributed by atoms with Gasteiger partial charge in [0.25, 0.3) is 0 Å². The van der Waals surface area contributed by atoms with Crippen LogP contribution < -0.4 is 5.32 Å². The minimum atomic E-state index is -0.885. The number of fused-ring (bicyclic) bond motifs is 3. The second-order valence-corrected chi connectivity index (χ2v) is 7.41. The number of alkyl carbamates (subject to hydrolysis) is 1. The van der Waals surface area contributed by atoms with Crippen LogP contribution in [0.15, 0.2) is 48.5 Å². The van der Waals surface area contributed by atoms with Crippen molar-refractivity contribution in [3.8, 4) is 11.1 Å². The number of ether oxygens (including phenoxy) is 1. The van der Waals surface area contributed by atoms with E-state index in [2.05, 4.69) is 29.6 Å². The van der Waals surface area contributed by atoms with Gasteiger partial charge >= 0.3 is 12.1 Å². The first-order valence-electron chi connectivity index (χ1n) is 8.68. The smallest absolute Gasteiger partial charge is 0.407 e. The summed E-state index contributed by atoms with van der Waals surface area (Å²) in [6.45, 7) is 4.09. The second-order valence-electron chi connectivity index (χ2n) is 7.41. The maximum absolute atomic E-state index is 12.1. The standard InChI is InChI=1S/C21H23NO4/c1-21(2,11-19(23)24)13-22-20(25)26-12-18-16-9-5-3-7-14(16)15-8-4-6-10-17(15)18/h3-10,18H,11-13H2,1-2H3,(H,22,25)(H,23,24). The summed E-state index contributed by atoms with van der Waals surface area (Å²) in [5, 5.41) is 11.6. The molecule has 0 bridgehead atoms. The predicted molar refractivity (Wildman–Crippen MR) is 99.1 cm³/mol. The molecule has 136 valence electrons. The molecular weight excluding hydrogens is 330 g/mol. The Labute approximate surface area is 153 Å². The molecule has 0 spiro atoms. The van der Waals surface area contributed by atoms with Crippen molar-refractivity contribution in [3.63, 3.8) is 0 Å². The molecule has 26 heavy (non-hydrogen) atoms. The Morgan fingerprint density at radius 3 is 2.12 bits per heavy atom. The summed E-state index contributed by atoms with van der Waals surface area (Å²) in [5.74, 6) is -0.871. The first kappa shape index (κ1) is 18.0. The van der Waals surface area contributed by atoms with Gasteiger partial charge in [-0.2, -0.15) is 0 Å². The summed E-state index contributed by atoms with van der Waals surface area (Å²) in [7, 11) is 0.